The van der Waals surface area contributed by atoms with E-state index in [9.17, 15) is 14.3 Å². The molecule has 2 atom stereocenters. The largest absolute Gasteiger partial charge is 0.481 e. The van der Waals surface area contributed by atoms with E-state index in [2.05, 4.69) is 9.97 Å². The molecule has 168 valence electrons. The monoisotopic (exact) mass is 446 g/mol. The summed E-state index contributed by atoms with van der Waals surface area (Å²) in [5.41, 5.74) is 2.59. The summed E-state index contributed by atoms with van der Waals surface area (Å²) >= 11 is 0. The Balaban J connectivity index is 1.45. The van der Waals surface area contributed by atoms with Crippen LogP contribution in [0.15, 0.2) is 47.3 Å². The predicted octanol–water partition coefficient (Wildman–Crippen LogP) is 5.10. The number of carboxylic acid groups (broad SMARTS) is 1. The summed E-state index contributed by atoms with van der Waals surface area (Å²) in [5.74, 6) is 0.244. The number of H-pyrrole nitrogens is 1. The topological polar surface area (TPSA) is 105 Å². The van der Waals surface area contributed by atoms with E-state index in [1.165, 1.54) is 12.3 Å². The maximum atomic E-state index is 13.9. The Morgan fingerprint density at radius 1 is 1.18 bits per heavy atom. The van der Waals surface area contributed by atoms with Crippen LogP contribution in [0.4, 0.5) is 4.39 Å². The summed E-state index contributed by atoms with van der Waals surface area (Å²) in [5, 5.41) is 10.6. The zero-order valence-electron chi connectivity index (χ0n) is 17.9. The second-order valence-corrected chi connectivity index (χ2v) is 9.20. The number of pyridine rings is 1. The van der Waals surface area contributed by atoms with Gasteiger partial charge in [0.1, 0.15) is 17.2 Å². The normalized spacial score (nSPS) is 24.4. The highest BCUT2D eigenvalue weighted by molar-refractivity contribution is 5.91. The Kier molecular flexibility index (Phi) is 4.74. The van der Waals surface area contributed by atoms with Gasteiger partial charge in [0, 0.05) is 22.8 Å². The number of hydrogen-bond donors (Lipinski definition) is 2. The molecule has 3 fully saturated rings. The average Bonchev–Trinajstić information content (AvgIpc) is 3.49. The zero-order valence-corrected chi connectivity index (χ0v) is 17.9. The number of rotatable bonds is 5. The fraction of sp³-hybridized carbons (Fsp3) is 0.360. The third-order valence-electron chi connectivity index (χ3n) is 7.41. The molecule has 2 N–H and O–H groups in total. The van der Waals surface area contributed by atoms with Crippen LogP contribution in [-0.4, -0.2) is 31.0 Å². The van der Waals surface area contributed by atoms with Gasteiger partial charge < -0.3 is 14.5 Å². The molecule has 0 saturated heterocycles. The Morgan fingerprint density at radius 3 is 2.76 bits per heavy atom. The number of aromatic nitrogens is 4. The number of hydrogen-bond acceptors (Lipinski definition) is 5. The predicted molar refractivity (Wildman–Crippen MR) is 119 cm³/mol. The van der Waals surface area contributed by atoms with Gasteiger partial charge in [0.05, 0.1) is 18.4 Å². The number of carboxylic acids is 1. The number of nitrogens with one attached hydrogen (secondary N) is 1. The van der Waals surface area contributed by atoms with Gasteiger partial charge in [-0.15, -0.1) is 0 Å². The number of aliphatic carboxylic acids is 1. The van der Waals surface area contributed by atoms with Crippen LogP contribution in [0.3, 0.4) is 0 Å². The van der Waals surface area contributed by atoms with Crippen molar-refractivity contribution in [2.45, 2.75) is 32.1 Å². The molecule has 3 aliphatic carbocycles. The molecular weight excluding hydrogens is 423 g/mol. The second kappa shape index (κ2) is 7.79. The molecule has 3 saturated carbocycles. The lowest BCUT2D eigenvalue weighted by molar-refractivity contribution is -0.152. The molecule has 0 unspecified atom stereocenters. The van der Waals surface area contributed by atoms with Crippen LogP contribution in [0.5, 0.6) is 0 Å². The molecule has 0 aliphatic heterocycles. The number of fused-ring (bicyclic) bond motifs is 4. The Bertz CT molecular complexity index is 1320. The quantitative estimate of drug-likeness (QED) is 0.442. The Hall–Kier alpha value is -3.55. The van der Waals surface area contributed by atoms with Crippen LogP contribution in [0.2, 0.25) is 0 Å². The summed E-state index contributed by atoms with van der Waals surface area (Å²) in [6.45, 7) is 0. The van der Waals surface area contributed by atoms with Gasteiger partial charge >= 0.3 is 5.97 Å². The van der Waals surface area contributed by atoms with Crippen molar-refractivity contribution in [3.63, 3.8) is 0 Å². The summed E-state index contributed by atoms with van der Waals surface area (Å²) in [7, 11) is 0. The fourth-order valence-electron chi connectivity index (χ4n) is 5.93. The van der Waals surface area contributed by atoms with Crippen molar-refractivity contribution in [3.8, 4) is 22.8 Å². The number of nitrogens with zero attached hydrogens (tertiary/aromatic N) is 3. The third kappa shape index (κ3) is 3.50. The van der Waals surface area contributed by atoms with Gasteiger partial charge in [-0.2, -0.15) is 0 Å². The minimum atomic E-state index is -0.701. The van der Waals surface area contributed by atoms with Crippen LogP contribution in [0.25, 0.3) is 33.9 Å². The zero-order chi connectivity index (χ0) is 22.5. The van der Waals surface area contributed by atoms with E-state index in [0.717, 1.165) is 31.4 Å². The van der Waals surface area contributed by atoms with Crippen LogP contribution < -0.4 is 0 Å². The molecular formula is C25H23FN4O3. The van der Waals surface area contributed by atoms with Gasteiger partial charge in [-0.1, -0.05) is 0 Å². The summed E-state index contributed by atoms with van der Waals surface area (Å²) in [6, 6.07) is 6.92. The van der Waals surface area contributed by atoms with Crippen LogP contribution in [0, 0.1) is 29.5 Å². The summed E-state index contributed by atoms with van der Waals surface area (Å²) < 4.78 is 19.5. The van der Waals surface area contributed by atoms with Crippen molar-refractivity contribution in [1.29, 1.82) is 0 Å². The SMILES string of the molecule is O=C(O)[C@H]1C2CCC(CC2)[C@@H]1Cc1cc(-c2ccco2)nc(-c2c[nH]c3ncc(F)cc23)n1. The molecule has 3 aliphatic rings. The van der Waals surface area contributed by atoms with E-state index in [1.807, 2.05) is 12.1 Å². The maximum Gasteiger partial charge on any atom is 0.307 e. The first kappa shape index (κ1) is 20.1. The lowest BCUT2D eigenvalue weighted by atomic mass is 9.57. The van der Waals surface area contributed by atoms with Crippen LogP contribution >= 0.6 is 0 Å². The third-order valence-corrected chi connectivity index (χ3v) is 7.41. The lowest BCUT2D eigenvalue weighted by Crippen LogP contribution is -2.45. The molecule has 4 aromatic rings. The lowest BCUT2D eigenvalue weighted by Gasteiger charge is -2.46. The highest BCUT2D eigenvalue weighted by Gasteiger charge is 2.47. The molecule has 0 radical (unpaired) electrons. The second-order valence-electron chi connectivity index (χ2n) is 9.20. The molecule has 33 heavy (non-hydrogen) atoms. The molecule has 0 spiro atoms. The average molecular weight is 446 g/mol. The van der Waals surface area contributed by atoms with Crippen molar-refractivity contribution in [3.05, 3.63) is 54.4 Å². The Labute approximate surface area is 189 Å². The minimum absolute atomic E-state index is 0.0456. The number of furan rings is 1. The first-order valence-corrected chi connectivity index (χ1v) is 11.3. The van der Waals surface area contributed by atoms with Gasteiger partial charge in [0.15, 0.2) is 11.6 Å². The van der Waals surface area contributed by atoms with E-state index in [1.54, 1.807) is 18.5 Å². The van der Waals surface area contributed by atoms with E-state index < -0.39 is 11.8 Å². The molecule has 8 heteroatoms. The first-order chi connectivity index (χ1) is 16.1. The molecule has 0 amide bonds. The smallest absolute Gasteiger partial charge is 0.307 e. The molecule has 2 bridgehead atoms. The van der Waals surface area contributed by atoms with Crippen molar-refractivity contribution >= 4 is 17.0 Å². The van der Waals surface area contributed by atoms with Crippen LogP contribution in [0.1, 0.15) is 31.4 Å². The van der Waals surface area contributed by atoms with Gasteiger partial charge in [-0.25, -0.2) is 19.3 Å². The fourth-order valence-corrected chi connectivity index (χ4v) is 5.93. The molecule has 7 rings (SSSR count). The number of carbonyl (C=O) groups is 1. The molecule has 4 heterocycles. The van der Waals surface area contributed by atoms with Gasteiger partial charge in [0.2, 0.25) is 0 Å². The van der Waals surface area contributed by atoms with Gasteiger partial charge in [-0.3, -0.25) is 4.79 Å². The maximum absolute atomic E-state index is 13.9. The summed E-state index contributed by atoms with van der Waals surface area (Å²) in [6.07, 6.45) is 9.20. The summed E-state index contributed by atoms with van der Waals surface area (Å²) in [4.78, 5) is 28.8. The van der Waals surface area contributed by atoms with Crippen molar-refractivity contribution in [2.24, 2.45) is 23.7 Å². The molecule has 0 aromatic carbocycles. The first-order valence-electron chi connectivity index (χ1n) is 11.3. The molecule has 4 aromatic heterocycles. The van der Waals surface area contributed by atoms with Crippen molar-refractivity contribution in [1.82, 2.24) is 19.9 Å². The number of aromatic amines is 1. The van der Waals surface area contributed by atoms with Gasteiger partial charge in [0.25, 0.3) is 0 Å². The van der Waals surface area contributed by atoms with Gasteiger partial charge in [-0.05, 0) is 74.1 Å². The highest BCUT2D eigenvalue weighted by atomic mass is 19.1. The Morgan fingerprint density at radius 2 is 2.00 bits per heavy atom. The molecule has 7 nitrogen and oxygen atoms in total. The van der Waals surface area contributed by atoms with E-state index >= 15 is 0 Å². The standard InChI is InChI=1S/C25H23FN4O3/c26-15-8-18-19(12-28-23(18)27-11-15)24-29-16(10-20(30-24)21-2-1-7-33-21)9-17-13-3-5-14(6-4-13)22(17)25(31)32/h1-2,7-8,10-14,17,22H,3-6,9H2,(H,27,28)(H,31,32)/t13?,14?,17-,22-/m0/s1. The van der Waals surface area contributed by atoms with E-state index in [-0.39, 0.29) is 17.8 Å². The van der Waals surface area contributed by atoms with E-state index in [0.29, 0.717) is 46.2 Å². The van der Waals surface area contributed by atoms with Crippen molar-refractivity contribution < 1.29 is 18.7 Å². The van der Waals surface area contributed by atoms with E-state index in [4.69, 9.17) is 14.4 Å². The minimum Gasteiger partial charge on any atom is -0.481 e. The number of halogens is 1. The van der Waals surface area contributed by atoms with Crippen LogP contribution in [-0.2, 0) is 11.2 Å². The highest BCUT2D eigenvalue weighted by Crippen LogP contribution is 2.50. The van der Waals surface area contributed by atoms with Crippen molar-refractivity contribution in [2.75, 3.05) is 0 Å².